The largest absolute Gasteiger partial charge is 0.392 e. The Balaban J connectivity index is 1.54. The average molecular weight is 321 g/mol. The van der Waals surface area contributed by atoms with Crippen molar-refractivity contribution in [1.82, 2.24) is 4.90 Å². The molecule has 1 aliphatic heterocycles. The van der Waals surface area contributed by atoms with E-state index in [9.17, 15) is 5.11 Å². The first kappa shape index (κ1) is 15.9. The SMILES string of the molecule is CC1CCCN1C1CCc2cc(-c3ccc(CO)cc3)ccc2C1. The summed E-state index contributed by atoms with van der Waals surface area (Å²) in [6.07, 6.45) is 6.44. The number of aryl methyl sites for hydroxylation is 1. The molecule has 2 aliphatic rings. The fourth-order valence-corrected chi connectivity index (χ4v) is 4.50. The van der Waals surface area contributed by atoms with E-state index < -0.39 is 0 Å². The summed E-state index contributed by atoms with van der Waals surface area (Å²) in [4.78, 5) is 2.74. The molecule has 126 valence electrons. The highest BCUT2D eigenvalue weighted by Gasteiger charge is 2.30. The van der Waals surface area contributed by atoms with Crippen molar-refractivity contribution < 1.29 is 5.11 Å². The number of aliphatic hydroxyl groups is 1. The number of fused-ring (bicyclic) bond motifs is 1. The van der Waals surface area contributed by atoms with E-state index in [-0.39, 0.29) is 6.61 Å². The van der Waals surface area contributed by atoms with Gasteiger partial charge in [-0.15, -0.1) is 0 Å². The maximum Gasteiger partial charge on any atom is 0.0681 e. The van der Waals surface area contributed by atoms with Crippen molar-refractivity contribution >= 4 is 0 Å². The predicted octanol–water partition coefficient (Wildman–Crippen LogP) is 4.19. The molecule has 2 unspecified atom stereocenters. The van der Waals surface area contributed by atoms with Gasteiger partial charge in [0.1, 0.15) is 0 Å². The standard InChI is InChI=1S/C22H27NO/c1-16-3-2-12-23(16)22-11-10-20-13-19(8-9-21(20)14-22)18-6-4-17(15-24)5-7-18/h4-9,13,16,22,24H,2-3,10-12,14-15H2,1H3. The normalized spacial score (nSPS) is 24.1. The minimum atomic E-state index is 0.112. The van der Waals surface area contributed by atoms with Gasteiger partial charge >= 0.3 is 0 Å². The summed E-state index contributed by atoms with van der Waals surface area (Å²) in [6.45, 7) is 3.79. The van der Waals surface area contributed by atoms with Gasteiger partial charge in [0.05, 0.1) is 6.61 Å². The fourth-order valence-electron chi connectivity index (χ4n) is 4.50. The van der Waals surface area contributed by atoms with Crippen LogP contribution in [-0.4, -0.2) is 28.6 Å². The molecule has 0 bridgehead atoms. The van der Waals surface area contributed by atoms with Crippen molar-refractivity contribution in [1.29, 1.82) is 0 Å². The van der Waals surface area contributed by atoms with Gasteiger partial charge in [-0.05, 0) is 73.4 Å². The van der Waals surface area contributed by atoms with Gasteiger partial charge in [-0.25, -0.2) is 0 Å². The Labute approximate surface area is 145 Å². The Morgan fingerprint density at radius 3 is 2.50 bits per heavy atom. The van der Waals surface area contributed by atoms with E-state index in [1.807, 2.05) is 12.1 Å². The molecule has 1 saturated heterocycles. The zero-order chi connectivity index (χ0) is 16.5. The highest BCUT2D eigenvalue weighted by atomic mass is 16.3. The first-order chi connectivity index (χ1) is 11.7. The summed E-state index contributed by atoms with van der Waals surface area (Å²) >= 11 is 0. The van der Waals surface area contributed by atoms with E-state index >= 15 is 0 Å². The summed E-state index contributed by atoms with van der Waals surface area (Å²) < 4.78 is 0. The Morgan fingerprint density at radius 1 is 1.00 bits per heavy atom. The van der Waals surface area contributed by atoms with E-state index in [4.69, 9.17) is 0 Å². The number of rotatable bonds is 3. The van der Waals surface area contributed by atoms with E-state index in [1.165, 1.54) is 55.3 Å². The molecule has 2 aromatic carbocycles. The molecule has 2 atom stereocenters. The lowest BCUT2D eigenvalue weighted by Crippen LogP contribution is -2.41. The van der Waals surface area contributed by atoms with Crippen molar-refractivity contribution in [3.05, 3.63) is 59.2 Å². The minimum absolute atomic E-state index is 0.112. The quantitative estimate of drug-likeness (QED) is 0.916. The van der Waals surface area contributed by atoms with Gasteiger partial charge in [0.2, 0.25) is 0 Å². The lowest BCUT2D eigenvalue weighted by Gasteiger charge is -2.35. The van der Waals surface area contributed by atoms with Crippen LogP contribution in [0.5, 0.6) is 0 Å². The lowest BCUT2D eigenvalue weighted by molar-refractivity contribution is 0.174. The van der Waals surface area contributed by atoms with Gasteiger partial charge in [-0.1, -0.05) is 42.5 Å². The molecule has 0 spiro atoms. The van der Waals surface area contributed by atoms with E-state index in [1.54, 1.807) is 5.56 Å². The Bertz CT molecular complexity index is 706. The maximum absolute atomic E-state index is 9.19. The highest BCUT2D eigenvalue weighted by molar-refractivity contribution is 5.65. The summed E-state index contributed by atoms with van der Waals surface area (Å²) in [6, 6.07) is 16.8. The Kier molecular flexibility index (Phi) is 4.43. The topological polar surface area (TPSA) is 23.5 Å². The molecule has 1 aliphatic carbocycles. The average Bonchev–Trinajstić information content (AvgIpc) is 3.07. The second-order valence-electron chi connectivity index (χ2n) is 7.46. The molecule has 2 aromatic rings. The number of hydrogen-bond donors (Lipinski definition) is 1. The van der Waals surface area contributed by atoms with Crippen LogP contribution in [0.15, 0.2) is 42.5 Å². The van der Waals surface area contributed by atoms with Crippen LogP contribution in [0.1, 0.15) is 42.9 Å². The first-order valence-corrected chi connectivity index (χ1v) is 9.32. The van der Waals surface area contributed by atoms with Gasteiger partial charge in [-0.2, -0.15) is 0 Å². The third kappa shape index (κ3) is 3.01. The highest BCUT2D eigenvalue weighted by Crippen LogP contribution is 2.32. The smallest absolute Gasteiger partial charge is 0.0681 e. The van der Waals surface area contributed by atoms with E-state index in [2.05, 4.69) is 42.2 Å². The summed E-state index contributed by atoms with van der Waals surface area (Å²) in [7, 11) is 0. The summed E-state index contributed by atoms with van der Waals surface area (Å²) in [5.74, 6) is 0. The van der Waals surface area contributed by atoms with Crippen molar-refractivity contribution in [2.24, 2.45) is 0 Å². The molecule has 1 N–H and O–H groups in total. The zero-order valence-electron chi connectivity index (χ0n) is 14.5. The second-order valence-corrected chi connectivity index (χ2v) is 7.46. The number of benzene rings is 2. The molecule has 4 rings (SSSR count). The van der Waals surface area contributed by atoms with Crippen LogP contribution in [0.25, 0.3) is 11.1 Å². The van der Waals surface area contributed by atoms with Crippen LogP contribution in [0.3, 0.4) is 0 Å². The number of hydrogen-bond acceptors (Lipinski definition) is 2. The molecule has 1 heterocycles. The van der Waals surface area contributed by atoms with Crippen molar-refractivity contribution in [3.8, 4) is 11.1 Å². The fraction of sp³-hybridized carbons (Fsp3) is 0.455. The zero-order valence-corrected chi connectivity index (χ0v) is 14.5. The molecule has 24 heavy (non-hydrogen) atoms. The molecular formula is C22H27NO. The van der Waals surface area contributed by atoms with Crippen LogP contribution < -0.4 is 0 Å². The van der Waals surface area contributed by atoms with Crippen molar-refractivity contribution in [2.75, 3.05) is 6.54 Å². The van der Waals surface area contributed by atoms with Gasteiger partial charge in [-0.3, -0.25) is 4.90 Å². The van der Waals surface area contributed by atoms with E-state index in [0.29, 0.717) is 0 Å². The molecule has 0 amide bonds. The first-order valence-electron chi connectivity index (χ1n) is 9.32. The molecular weight excluding hydrogens is 294 g/mol. The Hall–Kier alpha value is -1.64. The second kappa shape index (κ2) is 6.70. The molecule has 1 fully saturated rings. The summed E-state index contributed by atoms with van der Waals surface area (Å²) in [5.41, 5.74) is 6.58. The van der Waals surface area contributed by atoms with E-state index in [0.717, 1.165) is 17.6 Å². The molecule has 0 saturated carbocycles. The lowest BCUT2D eigenvalue weighted by atomic mass is 9.85. The van der Waals surface area contributed by atoms with Crippen LogP contribution in [0.2, 0.25) is 0 Å². The molecule has 2 heteroatoms. The van der Waals surface area contributed by atoms with Gasteiger partial charge in [0.15, 0.2) is 0 Å². The van der Waals surface area contributed by atoms with Crippen LogP contribution >= 0.6 is 0 Å². The number of nitrogens with zero attached hydrogens (tertiary/aromatic N) is 1. The maximum atomic E-state index is 9.19. The van der Waals surface area contributed by atoms with Gasteiger partial charge in [0.25, 0.3) is 0 Å². The molecule has 0 aromatic heterocycles. The third-order valence-corrected chi connectivity index (χ3v) is 5.95. The molecule has 2 nitrogen and oxygen atoms in total. The minimum Gasteiger partial charge on any atom is -0.392 e. The van der Waals surface area contributed by atoms with Crippen LogP contribution in [0.4, 0.5) is 0 Å². The Morgan fingerprint density at radius 2 is 1.79 bits per heavy atom. The third-order valence-electron chi connectivity index (χ3n) is 5.95. The van der Waals surface area contributed by atoms with Gasteiger partial charge in [0, 0.05) is 12.1 Å². The summed E-state index contributed by atoms with van der Waals surface area (Å²) in [5, 5.41) is 9.19. The molecule has 0 radical (unpaired) electrons. The van der Waals surface area contributed by atoms with Crippen molar-refractivity contribution in [2.45, 2.75) is 57.7 Å². The van der Waals surface area contributed by atoms with Crippen LogP contribution in [0, 0.1) is 0 Å². The van der Waals surface area contributed by atoms with Crippen LogP contribution in [-0.2, 0) is 19.4 Å². The monoisotopic (exact) mass is 321 g/mol. The number of aliphatic hydroxyl groups excluding tert-OH is 1. The number of likely N-dealkylation sites (tertiary alicyclic amines) is 1. The predicted molar refractivity (Wildman–Crippen MR) is 99.0 cm³/mol. The van der Waals surface area contributed by atoms with Crippen molar-refractivity contribution in [3.63, 3.8) is 0 Å². The van der Waals surface area contributed by atoms with Gasteiger partial charge < -0.3 is 5.11 Å².